The van der Waals surface area contributed by atoms with Gasteiger partial charge in [0.15, 0.2) is 0 Å². The number of aromatic hydroxyl groups is 1. The minimum absolute atomic E-state index is 0.353. The van der Waals surface area contributed by atoms with Crippen molar-refractivity contribution in [3.63, 3.8) is 0 Å². The molecule has 0 bridgehead atoms. The zero-order valence-corrected chi connectivity index (χ0v) is 8.75. The summed E-state index contributed by atoms with van der Waals surface area (Å²) < 4.78 is 1.11. The molecule has 0 saturated carbocycles. The Balaban J connectivity index is 2.77. The zero-order chi connectivity index (χ0) is 9.42. The molecule has 2 aromatic rings. The van der Waals surface area contributed by atoms with Gasteiger partial charge in [-0.15, -0.1) is 22.9 Å². The fourth-order valence-corrected chi connectivity index (χ4v) is 2.54. The van der Waals surface area contributed by atoms with Gasteiger partial charge in [-0.25, -0.2) is 0 Å². The van der Waals surface area contributed by atoms with Gasteiger partial charge in [0.25, 0.3) is 0 Å². The van der Waals surface area contributed by atoms with Crippen molar-refractivity contribution >= 4 is 33.0 Å². The Hall–Kier alpha value is -0.730. The molecule has 0 aliphatic carbocycles. The Morgan fingerprint density at radius 3 is 2.92 bits per heavy atom. The van der Waals surface area contributed by atoms with Gasteiger partial charge < -0.3 is 5.11 Å². The standard InChI is InChI=1S/C10H9ClOS/c1-6-2-10-8(3-7(6)4-11)9(12)5-13-10/h2-3,5,12H,4H2,1H3. The van der Waals surface area contributed by atoms with Crippen molar-refractivity contribution in [2.24, 2.45) is 0 Å². The molecule has 0 atom stereocenters. The molecule has 0 aliphatic rings. The number of aryl methyl sites for hydroxylation is 1. The molecular formula is C10H9ClOS. The highest BCUT2D eigenvalue weighted by Gasteiger charge is 2.05. The lowest BCUT2D eigenvalue weighted by molar-refractivity contribution is 0.483. The average molecular weight is 213 g/mol. The number of hydrogen-bond acceptors (Lipinski definition) is 2. The van der Waals surface area contributed by atoms with E-state index in [1.807, 2.05) is 13.0 Å². The van der Waals surface area contributed by atoms with Gasteiger partial charge in [-0.1, -0.05) is 0 Å². The predicted molar refractivity (Wildman–Crippen MR) is 57.8 cm³/mol. The molecule has 0 unspecified atom stereocenters. The van der Waals surface area contributed by atoms with E-state index in [9.17, 15) is 5.11 Å². The van der Waals surface area contributed by atoms with E-state index in [0.29, 0.717) is 11.6 Å². The molecule has 68 valence electrons. The summed E-state index contributed by atoms with van der Waals surface area (Å²) in [6.45, 7) is 2.04. The summed E-state index contributed by atoms with van der Waals surface area (Å²) in [4.78, 5) is 0. The number of alkyl halides is 1. The van der Waals surface area contributed by atoms with Crippen molar-refractivity contribution in [3.8, 4) is 5.75 Å². The Bertz CT molecular complexity index is 447. The number of hydrogen-bond donors (Lipinski definition) is 1. The lowest BCUT2D eigenvalue weighted by Gasteiger charge is -2.01. The van der Waals surface area contributed by atoms with Gasteiger partial charge in [0.2, 0.25) is 0 Å². The maximum Gasteiger partial charge on any atom is 0.134 e. The van der Waals surface area contributed by atoms with E-state index in [1.54, 1.807) is 16.7 Å². The number of halogens is 1. The third-order valence-corrected chi connectivity index (χ3v) is 3.38. The highest BCUT2D eigenvalue weighted by molar-refractivity contribution is 7.17. The van der Waals surface area contributed by atoms with Crippen molar-refractivity contribution in [1.82, 2.24) is 0 Å². The van der Waals surface area contributed by atoms with Crippen LogP contribution in [0, 0.1) is 6.92 Å². The lowest BCUT2D eigenvalue weighted by Crippen LogP contribution is -1.83. The molecule has 3 heteroatoms. The fourth-order valence-electron chi connectivity index (χ4n) is 1.35. The first kappa shape index (κ1) is 8.85. The second kappa shape index (κ2) is 3.20. The number of fused-ring (bicyclic) bond motifs is 1. The van der Waals surface area contributed by atoms with Gasteiger partial charge in [0.1, 0.15) is 5.75 Å². The van der Waals surface area contributed by atoms with Crippen LogP contribution >= 0.6 is 22.9 Å². The van der Waals surface area contributed by atoms with Crippen LogP contribution in [0.4, 0.5) is 0 Å². The number of benzene rings is 1. The van der Waals surface area contributed by atoms with E-state index in [1.165, 1.54) is 5.56 Å². The topological polar surface area (TPSA) is 20.2 Å². The first-order valence-corrected chi connectivity index (χ1v) is 5.39. The molecular weight excluding hydrogens is 204 g/mol. The van der Waals surface area contributed by atoms with E-state index in [2.05, 4.69) is 6.07 Å². The normalized spacial score (nSPS) is 10.9. The van der Waals surface area contributed by atoms with E-state index in [0.717, 1.165) is 15.6 Å². The Morgan fingerprint density at radius 2 is 2.23 bits per heavy atom. The first-order chi connectivity index (χ1) is 6.22. The van der Waals surface area contributed by atoms with Gasteiger partial charge in [-0.2, -0.15) is 0 Å². The maximum absolute atomic E-state index is 9.49. The fraction of sp³-hybridized carbons (Fsp3) is 0.200. The summed E-state index contributed by atoms with van der Waals surface area (Å²) >= 11 is 7.33. The predicted octanol–water partition coefficient (Wildman–Crippen LogP) is 3.65. The highest BCUT2D eigenvalue weighted by atomic mass is 35.5. The SMILES string of the molecule is Cc1cc2scc(O)c2cc1CCl. The largest absolute Gasteiger partial charge is 0.506 e. The summed E-state index contributed by atoms with van der Waals surface area (Å²) in [6, 6.07) is 4.03. The maximum atomic E-state index is 9.49. The molecule has 1 heterocycles. The van der Waals surface area contributed by atoms with Crippen molar-refractivity contribution in [2.45, 2.75) is 12.8 Å². The Kier molecular flexibility index (Phi) is 2.18. The molecule has 1 nitrogen and oxygen atoms in total. The minimum Gasteiger partial charge on any atom is -0.506 e. The zero-order valence-electron chi connectivity index (χ0n) is 7.17. The second-order valence-electron chi connectivity index (χ2n) is 3.03. The van der Waals surface area contributed by atoms with Crippen LogP contribution in [0.25, 0.3) is 10.1 Å². The molecule has 1 aromatic carbocycles. The summed E-state index contributed by atoms with van der Waals surface area (Å²) in [5, 5.41) is 12.2. The molecule has 0 amide bonds. The number of rotatable bonds is 1. The number of thiophene rings is 1. The average Bonchev–Trinajstić information content (AvgIpc) is 2.46. The van der Waals surface area contributed by atoms with E-state index in [4.69, 9.17) is 11.6 Å². The Labute approximate surface area is 85.6 Å². The first-order valence-electron chi connectivity index (χ1n) is 3.98. The quantitative estimate of drug-likeness (QED) is 0.716. The van der Waals surface area contributed by atoms with Gasteiger partial charge in [0, 0.05) is 21.3 Å². The molecule has 2 rings (SSSR count). The van der Waals surface area contributed by atoms with Gasteiger partial charge in [-0.3, -0.25) is 0 Å². The summed E-state index contributed by atoms with van der Waals surface area (Å²) in [7, 11) is 0. The van der Waals surface area contributed by atoms with Crippen LogP contribution in [0.15, 0.2) is 17.5 Å². The van der Waals surface area contributed by atoms with Gasteiger partial charge in [-0.05, 0) is 30.2 Å². The van der Waals surface area contributed by atoms with Crippen molar-refractivity contribution in [1.29, 1.82) is 0 Å². The van der Waals surface area contributed by atoms with E-state index < -0.39 is 0 Å². The van der Waals surface area contributed by atoms with Crippen LogP contribution in [0.1, 0.15) is 11.1 Å². The molecule has 0 spiro atoms. The molecule has 1 N–H and O–H groups in total. The van der Waals surface area contributed by atoms with E-state index >= 15 is 0 Å². The molecule has 1 aromatic heterocycles. The van der Waals surface area contributed by atoms with Crippen LogP contribution in [0.3, 0.4) is 0 Å². The van der Waals surface area contributed by atoms with Crippen molar-refractivity contribution < 1.29 is 5.11 Å². The van der Waals surface area contributed by atoms with Crippen LogP contribution in [-0.4, -0.2) is 5.11 Å². The van der Waals surface area contributed by atoms with Gasteiger partial charge in [0.05, 0.1) is 0 Å². The summed E-state index contributed by atoms with van der Waals surface area (Å²) in [5.41, 5.74) is 2.27. The van der Waals surface area contributed by atoms with Crippen LogP contribution in [0.5, 0.6) is 5.75 Å². The molecule has 0 saturated heterocycles. The monoisotopic (exact) mass is 212 g/mol. The summed E-state index contributed by atoms with van der Waals surface area (Å²) in [6.07, 6.45) is 0. The smallest absolute Gasteiger partial charge is 0.134 e. The van der Waals surface area contributed by atoms with Crippen LogP contribution in [-0.2, 0) is 5.88 Å². The van der Waals surface area contributed by atoms with Crippen LogP contribution in [0.2, 0.25) is 0 Å². The third kappa shape index (κ3) is 1.40. The van der Waals surface area contributed by atoms with Crippen molar-refractivity contribution in [2.75, 3.05) is 0 Å². The molecule has 0 radical (unpaired) electrons. The minimum atomic E-state index is 0.353. The Morgan fingerprint density at radius 1 is 1.46 bits per heavy atom. The highest BCUT2D eigenvalue weighted by Crippen LogP contribution is 2.33. The molecule has 13 heavy (non-hydrogen) atoms. The molecule has 0 fully saturated rings. The molecule has 0 aliphatic heterocycles. The summed E-state index contributed by atoms with van der Waals surface area (Å²) in [5.74, 6) is 0.850. The van der Waals surface area contributed by atoms with E-state index in [-0.39, 0.29) is 0 Å². The lowest BCUT2D eigenvalue weighted by atomic mass is 10.1. The third-order valence-electron chi connectivity index (χ3n) is 2.16. The second-order valence-corrected chi connectivity index (χ2v) is 4.21. The van der Waals surface area contributed by atoms with Gasteiger partial charge >= 0.3 is 0 Å². The van der Waals surface area contributed by atoms with Crippen LogP contribution < -0.4 is 0 Å². The van der Waals surface area contributed by atoms with Crippen molar-refractivity contribution in [3.05, 3.63) is 28.6 Å².